The number of hydrogen-bond donors (Lipinski definition) is 2. The lowest BCUT2D eigenvalue weighted by Crippen LogP contribution is -2.51. The van der Waals surface area contributed by atoms with E-state index in [2.05, 4.69) is 5.32 Å². The highest BCUT2D eigenvalue weighted by molar-refractivity contribution is 7.92. The van der Waals surface area contributed by atoms with E-state index in [1.165, 1.54) is 12.1 Å². The molecular weight excluding hydrogens is 293 g/mol. The third kappa shape index (κ3) is 2.90. The van der Waals surface area contributed by atoms with Crippen LogP contribution in [-0.2, 0) is 9.84 Å². The molecule has 1 aliphatic rings. The fourth-order valence-electron chi connectivity index (χ4n) is 1.97. The van der Waals surface area contributed by atoms with Crippen LogP contribution in [0.2, 0.25) is 0 Å². The molecule has 1 aromatic rings. The van der Waals surface area contributed by atoms with Crippen molar-refractivity contribution in [2.24, 2.45) is 5.73 Å². The van der Waals surface area contributed by atoms with Gasteiger partial charge < -0.3 is 11.1 Å². The molecule has 0 radical (unpaired) electrons. The molecule has 0 aromatic heterocycles. The van der Waals surface area contributed by atoms with Crippen molar-refractivity contribution in [1.82, 2.24) is 0 Å². The lowest BCUT2D eigenvalue weighted by Gasteiger charge is -2.38. The number of nitrogens with two attached hydrogens (primary N) is 1. The maximum absolute atomic E-state index is 12.4. The molecule has 1 aromatic carbocycles. The van der Waals surface area contributed by atoms with Crippen LogP contribution in [0.5, 0.6) is 0 Å². The molecule has 0 amide bonds. The molecule has 0 unspecified atom stereocenters. The van der Waals surface area contributed by atoms with Crippen LogP contribution in [0.15, 0.2) is 29.2 Å². The molecule has 0 aliphatic heterocycles. The van der Waals surface area contributed by atoms with E-state index in [4.69, 9.17) is 5.73 Å². The highest BCUT2D eigenvalue weighted by Crippen LogP contribution is 2.31. The molecule has 3 N–H and O–H groups in total. The van der Waals surface area contributed by atoms with E-state index in [0.717, 1.165) is 31.4 Å². The Morgan fingerprint density at radius 1 is 1.20 bits per heavy atom. The molecule has 4 nitrogen and oxygen atoms in total. The molecule has 0 saturated heterocycles. The normalized spacial score (nSPS) is 18.4. The quantitative estimate of drug-likeness (QED) is 0.895. The first-order valence-electron chi connectivity index (χ1n) is 6.08. The third-order valence-corrected chi connectivity index (χ3v) is 4.97. The average Bonchev–Trinajstić information content (AvgIpc) is 2.33. The number of nitrogens with one attached hydrogen (secondary N) is 1. The van der Waals surface area contributed by atoms with Gasteiger partial charge >= 0.3 is 5.51 Å². The zero-order valence-corrected chi connectivity index (χ0v) is 11.4. The third-order valence-electron chi connectivity index (χ3n) is 3.46. The predicted molar refractivity (Wildman–Crippen MR) is 68.9 cm³/mol. The van der Waals surface area contributed by atoms with Gasteiger partial charge in [0.1, 0.15) is 0 Å². The van der Waals surface area contributed by atoms with E-state index < -0.39 is 20.2 Å². The maximum Gasteiger partial charge on any atom is 0.501 e. The molecule has 8 heteroatoms. The molecule has 1 saturated carbocycles. The van der Waals surface area contributed by atoms with Gasteiger partial charge in [-0.3, -0.25) is 0 Å². The number of sulfone groups is 1. The van der Waals surface area contributed by atoms with Crippen LogP contribution < -0.4 is 11.1 Å². The summed E-state index contributed by atoms with van der Waals surface area (Å²) >= 11 is 0. The Morgan fingerprint density at radius 2 is 1.75 bits per heavy atom. The van der Waals surface area contributed by atoms with Gasteiger partial charge in [-0.2, -0.15) is 13.2 Å². The summed E-state index contributed by atoms with van der Waals surface area (Å²) < 4.78 is 59.4. The van der Waals surface area contributed by atoms with Crippen molar-refractivity contribution in [3.8, 4) is 0 Å². The predicted octanol–water partition coefficient (Wildman–Crippen LogP) is 2.27. The highest BCUT2D eigenvalue weighted by atomic mass is 32.2. The Hall–Kier alpha value is -1.28. The number of benzene rings is 1. The number of anilines is 1. The van der Waals surface area contributed by atoms with Crippen LogP contribution in [0.3, 0.4) is 0 Å². The van der Waals surface area contributed by atoms with Crippen LogP contribution in [0.25, 0.3) is 0 Å². The summed E-state index contributed by atoms with van der Waals surface area (Å²) in [5.74, 6) is 0. The Kier molecular flexibility index (Phi) is 3.72. The van der Waals surface area contributed by atoms with Crippen molar-refractivity contribution in [2.45, 2.75) is 35.2 Å². The first-order chi connectivity index (χ1) is 9.14. The lowest BCUT2D eigenvalue weighted by atomic mass is 9.78. The molecule has 0 atom stereocenters. The minimum Gasteiger partial charge on any atom is -0.383 e. The van der Waals surface area contributed by atoms with Crippen LogP contribution in [-0.4, -0.2) is 26.0 Å². The molecule has 2 rings (SSSR count). The van der Waals surface area contributed by atoms with Crippen molar-refractivity contribution < 1.29 is 21.6 Å². The number of hydrogen-bond acceptors (Lipinski definition) is 4. The minimum atomic E-state index is -5.28. The van der Waals surface area contributed by atoms with Crippen molar-refractivity contribution in [2.75, 3.05) is 11.9 Å². The zero-order chi connectivity index (χ0) is 15.0. The maximum atomic E-state index is 12.4. The summed E-state index contributed by atoms with van der Waals surface area (Å²) in [6.07, 6.45) is 2.88. The first-order valence-corrected chi connectivity index (χ1v) is 7.57. The molecule has 112 valence electrons. The summed E-state index contributed by atoms with van der Waals surface area (Å²) in [6.45, 7) is 0.512. The van der Waals surface area contributed by atoms with Gasteiger partial charge in [-0.1, -0.05) is 0 Å². The largest absolute Gasteiger partial charge is 0.501 e. The molecule has 0 spiro atoms. The van der Waals surface area contributed by atoms with Gasteiger partial charge in [0.25, 0.3) is 9.84 Å². The summed E-state index contributed by atoms with van der Waals surface area (Å²) in [5, 5.41) is 3.00. The fraction of sp³-hybridized carbons (Fsp3) is 0.500. The van der Waals surface area contributed by atoms with Gasteiger partial charge in [0.15, 0.2) is 0 Å². The van der Waals surface area contributed by atoms with Gasteiger partial charge in [0, 0.05) is 17.8 Å². The summed E-state index contributed by atoms with van der Waals surface area (Å²) in [6, 6.07) is 4.49. The van der Waals surface area contributed by atoms with Crippen molar-refractivity contribution in [1.29, 1.82) is 0 Å². The molecule has 1 fully saturated rings. The van der Waals surface area contributed by atoms with E-state index in [-0.39, 0.29) is 5.54 Å². The van der Waals surface area contributed by atoms with E-state index >= 15 is 0 Å². The van der Waals surface area contributed by atoms with Crippen LogP contribution >= 0.6 is 0 Å². The molecule has 20 heavy (non-hydrogen) atoms. The first kappa shape index (κ1) is 15.1. The molecule has 0 bridgehead atoms. The zero-order valence-electron chi connectivity index (χ0n) is 10.6. The summed E-state index contributed by atoms with van der Waals surface area (Å²) in [4.78, 5) is -0.762. The topological polar surface area (TPSA) is 72.2 Å². The van der Waals surface area contributed by atoms with Crippen molar-refractivity contribution in [3.05, 3.63) is 24.3 Å². The van der Waals surface area contributed by atoms with E-state index in [1.54, 1.807) is 0 Å². The lowest BCUT2D eigenvalue weighted by molar-refractivity contribution is -0.0436. The fourth-order valence-corrected chi connectivity index (χ4v) is 2.73. The molecular formula is C12H15F3N2O2S. The van der Waals surface area contributed by atoms with Gasteiger partial charge in [0.2, 0.25) is 0 Å². The summed E-state index contributed by atoms with van der Waals surface area (Å²) in [5.41, 5.74) is 0.994. The van der Waals surface area contributed by atoms with Gasteiger partial charge in [-0.05, 0) is 43.5 Å². The SMILES string of the molecule is NC1(CNc2ccc(S(=O)(=O)C(F)(F)F)cc2)CCC1. The van der Waals surface area contributed by atoms with Crippen LogP contribution in [0.1, 0.15) is 19.3 Å². The van der Waals surface area contributed by atoms with Crippen LogP contribution in [0, 0.1) is 0 Å². The number of rotatable bonds is 4. The Bertz CT molecular complexity index is 578. The van der Waals surface area contributed by atoms with Crippen molar-refractivity contribution in [3.63, 3.8) is 0 Å². The monoisotopic (exact) mass is 308 g/mol. The van der Waals surface area contributed by atoms with Crippen molar-refractivity contribution >= 4 is 15.5 Å². The number of halogens is 3. The van der Waals surface area contributed by atoms with Gasteiger partial charge in [-0.15, -0.1) is 0 Å². The van der Waals surface area contributed by atoms with Gasteiger partial charge in [-0.25, -0.2) is 8.42 Å². The summed E-state index contributed by atoms with van der Waals surface area (Å²) in [7, 11) is -5.28. The highest BCUT2D eigenvalue weighted by Gasteiger charge is 2.46. The van der Waals surface area contributed by atoms with Gasteiger partial charge in [0.05, 0.1) is 4.90 Å². The second kappa shape index (κ2) is 4.92. The average molecular weight is 308 g/mol. The molecule has 1 aliphatic carbocycles. The smallest absolute Gasteiger partial charge is 0.383 e. The minimum absolute atomic E-state index is 0.267. The number of alkyl halides is 3. The van der Waals surface area contributed by atoms with E-state index in [0.29, 0.717) is 12.2 Å². The second-order valence-corrected chi connectivity index (χ2v) is 6.98. The van der Waals surface area contributed by atoms with E-state index in [9.17, 15) is 21.6 Å². The van der Waals surface area contributed by atoms with Crippen LogP contribution in [0.4, 0.5) is 18.9 Å². The Balaban J connectivity index is 2.07. The van der Waals surface area contributed by atoms with E-state index in [1.807, 2.05) is 0 Å². The Labute approximate surface area is 115 Å². The molecule has 0 heterocycles. The second-order valence-electron chi connectivity index (χ2n) is 5.04. The Morgan fingerprint density at radius 3 is 2.15 bits per heavy atom. The standard InChI is InChI=1S/C12H15F3N2O2S/c13-12(14,15)20(18,19)10-4-2-9(3-5-10)17-8-11(16)6-1-7-11/h2-5,17H,1,6-8,16H2.